The molecule has 1 saturated heterocycles. The van der Waals surface area contributed by atoms with E-state index in [0.29, 0.717) is 6.61 Å². The van der Waals surface area contributed by atoms with Gasteiger partial charge in [-0.2, -0.15) is 0 Å². The minimum atomic E-state index is 0.686. The number of fused-ring (bicyclic) bond motifs is 1. The van der Waals surface area contributed by atoms with Crippen LogP contribution in [0.1, 0.15) is 36.8 Å². The van der Waals surface area contributed by atoms with Crippen molar-refractivity contribution in [2.75, 3.05) is 50.8 Å². The summed E-state index contributed by atoms with van der Waals surface area (Å²) in [5.41, 5.74) is 3.98. The van der Waals surface area contributed by atoms with E-state index in [9.17, 15) is 0 Å². The van der Waals surface area contributed by atoms with Crippen LogP contribution in [0, 0.1) is 0 Å². The summed E-state index contributed by atoms with van der Waals surface area (Å²) in [7, 11) is 0. The average Bonchev–Trinajstić information content (AvgIpc) is 3.18. The molecule has 0 unspecified atom stereocenters. The molecule has 2 aromatic rings. The Morgan fingerprint density at radius 2 is 1.69 bits per heavy atom. The number of likely N-dealkylation sites (tertiary alicyclic amines) is 1. The Morgan fingerprint density at radius 3 is 2.55 bits per heavy atom. The zero-order valence-electron chi connectivity index (χ0n) is 17.5. The summed E-state index contributed by atoms with van der Waals surface area (Å²) in [5, 5.41) is 0. The minimum absolute atomic E-state index is 0.686. The molecule has 4 rings (SSSR count). The first kappa shape index (κ1) is 20.2. The lowest BCUT2D eigenvalue weighted by atomic mass is 10.1. The molecule has 0 saturated carbocycles. The maximum Gasteiger partial charge on any atom is 0.119 e. The van der Waals surface area contributed by atoms with Gasteiger partial charge in [0.2, 0.25) is 0 Å². The average molecular weight is 395 g/mol. The Labute approximate surface area is 175 Å². The van der Waals surface area contributed by atoms with Crippen LogP contribution in [-0.4, -0.2) is 50.8 Å². The van der Waals surface area contributed by atoms with E-state index in [1.54, 1.807) is 0 Å². The molecule has 0 aromatic heterocycles. The van der Waals surface area contributed by atoms with E-state index in [4.69, 9.17) is 9.47 Å². The smallest absolute Gasteiger partial charge is 0.119 e. The summed E-state index contributed by atoms with van der Waals surface area (Å²) in [6.45, 7) is 7.97. The standard InChI is InChI=1S/C25H34N2O2/c1-3-8-22(9-4-1)21-28-19-17-27-16-12-23-20-24(10-11-25(23)27)29-18-7-15-26-13-5-2-6-14-26/h1,3-4,8-11,20H,2,5-7,12-19,21H2. The number of rotatable bonds is 10. The first-order chi connectivity index (χ1) is 14.4. The number of benzene rings is 2. The summed E-state index contributed by atoms with van der Waals surface area (Å²) >= 11 is 0. The Kier molecular flexibility index (Phi) is 7.44. The van der Waals surface area contributed by atoms with Gasteiger partial charge in [0, 0.05) is 25.3 Å². The van der Waals surface area contributed by atoms with Gasteiger partial charge in [0.15, 0.2) is 0 Å². The summed E-state index contributed by atoms with van der Waals surface area (Å²) < 4.78 is 11.9. The third-order valence-corrected chi connectivity index (χ3v) is 6.00. The molecule has 1 fully saturated rings. The van der Waals surface area contributed by atoms with Gasteiger partial charge >= 0.3 is 0 Å². The van der Waals surface area contributed by atoms with Gasteiger partial charge in [-0.25, -0.2) is 0 Å². The van der Waals surface area contributed by atoms with Crippen molar-refractivity contribution in [3.8, 4) is 5.75 Å². The molecular formula is C25H34N2O2. The van der Waals surface area contributed by atoms with E-state index in [1.807, 2.05) is 6.07 Å². The fraction of sp³-hybridized carbons (Fsp3) is 0.520. The maximum absolute atomic E-state index is 6.04. The lowest BCUT2D eigenvalue weighted by Crippen LogP contribution is -2.31. The van der Waals surface area contributed by atoms with Crippen LogP contribution in [0.3, 0.4) is 0 Å². The molecule has 0 amide bonds. The maximum atomic E-state index is 6.04. The first-order valence-corrected chi connectivity index (χ1v) is 11.2. The largest absolute Gasteiger partial charge is 0.494 e. The zero-order valence-corrected chi connectivity index (χ0v) is 17.5. The van der Waals surface area contributed by atoms with Gasteiger partial charge < -0.3 is 19.3 Å². The molecule has 2 heterocycles. The number of ether oxygens (including phenoxy) is 2. The summed E-state index contributed by atoms with van der Waals surface area (Å²) in [4.78, 5) is 5.01. The van der Waals surface area contributed by atoms with Crippen LogP contribution in [0.4, 0.5) is 5.69 Å². The Bertz CT molecular complexity index is 744. The highest BCUT2D eigenvalue weighted by Gasteiger charge is 2.19. The lowest BCUT2D eigenvalue weighted by molar-refractivity contribution is 0.127. The molecule has 0 bridgehead atoms. The second-order valence-electron chi connectivity index (χ2n) is 8.17. The fourth-order valence-electron chi connectivity index (χ4n) is 4.37. The second kappa shape index (κ2) is 10.7. The third-order valence-electron chi connectivity index (χ3n) is 6.00. The Balaban J connectivity index is 1.17. The molecule has 0 aliphatic carbocycles. The van der Waals surface area contributed by atoms with Crippen molar-refractivity contribution in [1.82, 2.24) is 4.90 Å². The Morgan fingerprint density at radius 1 is 0.828 bits per heavy atom. The molecule has 0 spiro atoms. The van der Waals surface area contributed by atoms with Crippen LogP contribution in [-0.2, 0) is 17.8 Å². The van der Waals surface area contributed by atoms with Gasteiger partial charge in [-0.1, -0.05) is 36.8 Å². The fourth-order valence-corrected chi connectivity index (χ4v) is 4.37. The minimum Gasteiger partial charge on any atom is -0.494 e. The number of anilines is 1. The van der Waals surface area contributed by atoms with E-state index >= 15 is 0 Å². The van der Waals surface area contributed by atoms with E-state index in [2.05, 4.69) is 52.3 Å². The van der Waals surface area contributed by atoms with Crippen LogP contribution < -0.4 is 9.64 Å². The number of nitrogens with zero attached hydrogens (tertiary/aromatic N) is 2. The molecule has 0 radical (unpaired) electrons. The quantitative estimate of drug-likeness (QED) is 0.553. The predicted molar refractivity (Wildman–Crippen MR) is 119 cm³/mol. The van der Waals surface area contributed by atoms with Crippen molar-refractivity contribution >= 4 is 5.69 Å². The van der Waals surface area contributed by atoms with Crippen LogP contribution in [0.15, 0.2) is 48.5 Å². The van der Waals surface area contributed by atoms with Gasteiger partial charge in [0.25, 0.3) is 0 Å². The van der Waals surface area contributed by atoms with E-state index in [1.165, 1.54) is 55.7 Å². The van der Waals surface area contributed by atoms with Crippen molar-refractivity contribution in [3.63, 3.8) is 0 Å². The highest BCUT2D eigenvalue weighted by Crippen LogP contribution is 2.31. The van der Waals surface area contributed by atoms with Gasteiger partial charge in [-0.05, 0) is 68.1 Å². The van der Waals surface area contributed by atoms with Crippen LogP contribution >= 0.6 is 0 Å². The highest BCUT2D eigenvalue weighted by atomic mass is 16.5. The summed E-state index contributed by atoms with van der Waals surface area (Å²) in [6, 6.07) is 17.0. The molecule has 2 aromatic carbocycles. The summed E-state index contributed by atoms with van der Waals surface area (Å²) in [5.74, 6) is 1.02. The number of piperidine rings is 1. The van der Waals surface area contributed by atoms with Crippen molar-refractivity contribution in [1.29, 1.82) is 0 Å². The molecule has 29 heavy (non-hydrogen) atoms. The molecule has 4 nitrogen and oxygen atoms in total. The third kappa shape index (κ3) is 5.97. The van der Waals surface area contributed by atoms with Gasteiger partial charge in [0.05, 0.1) is 19.8 Å². The van der Waals surface area contributed by atoms with Crippen molar-refractivity contribution in [2.45, 2.75) is 38.7 Å². The van der Waals surface area contributed by atoms with E-state index in [0.717, 1.165) is 44.9 Å². The van der Waals surface area contributed by atoms with Gasteiger partial charge in [-0.15, -0.1) is 0 Å². The molecular weight excluding hydrogens is 360 g/mol. The highest BCUT2D eigenvalue weighted by molar-refractivity contribution is 5.60. The monoisotopic (exact) mass is 394 g/mol. The molecule has 2 aliphatic heterocycles. The Hall–Kier alpha value is -2.04. The van der Waals surface area contributed by atoms with Crippen molar-refractivity contribution < 1.29 is 9.47 Å². The lowest BCUT2D eigenvalue weighted by Gasteiger charge is -2.26. The van der Waals surface area contributed by atoms with Crippen molar-refractivity contribution in [3.05, 3.63) is 59.7 Å². The molecule has 0 N–H and O–H groups in total. The molecule has 156 valence electrons. The van der Waals surface area contributed by atoms with Crippen LogP contribution in [0.5, 0.6) is 5.75 Å². The van der Waals surface area contributed by atoms with Crippen LogP contribution in [0.25, 0.3) is 0 Å². The van der Waals surface area contributed by atoms with Gasteiger partial charge in [0.1, 0.15) is 5.75 Å². The van der Waals surface area contributed by atoms with Crippen LogP contribution in [0.2, 0.25) is 0 Å². The zero-order chi connectivity index (χ0) is 19.7. The van der Waals surface area contributed by atoms with Crippen molar-refractivity contribution in [2.24, 2.45) is 0 Å². The molecule has 4 heteroatoms. The SMILES string of the molecule is c1ccc(COCCN2CCc3cc(OCCCN4CCCCC4)ccc32)cc1. The van der Waals surface area contributed by atoms with Gasteiger partial charge in [-0.3, -0.25) is 0 Å². The molecule has 0 atom stereocenters. The first-order valence-electron chi connectivity index (χ1n) is 11.2. The summed E-state index contributed by atoms with van der Waals surface area (Å²) in [6.07, 6.45) is 6.33. The van der Waals surface area contributed by atoms with E-state index < -0.39 is 0 Å². The number of hydrogen-bond donors (Lipinski definition) is 0. The second-order valence-corrected chi connectivity index (χ2v) is 8.17. The molecule has 2 aliphatic rings. The predicted octanol–water partition coefficient (Wildman–Crippen LogP) is 4.52. The number of hydrogen-bond acceptors (Lipinski definition) is 4. The topological polar surface area (TPSA) is 24.9 Å². The normalized spacial score (nSPS) is 16.8. The van der Waals surface area contributed by atoms with E-state index in [-0.39, 0.29) is 0 Å².